The monoisotopic (exact) mass is 310 g/mol. The van der Waals surface area contributed by atoms with Crippen molar-refractivity contribution in [3.8, 4) is 0 Å². The van der Waals surface area contributed by atoms with Gasteiger partial charge in [-0.15, -0.1) is 0 Å². The molecule has 0 saturated heterocycles. The van der Waals surface area contributed by atoms with Gasteiger partial charge in [0.15, 0.2) is 0 Å². The zero-order chi connectivity index (χ0) is 14.7. The van der Waals surface area contributed by atoms with E-state index in [4.69, 9.17) is 9.96 Å². The molecule has 0 atom stereocenters. The Morgan fingerprint density at radius 3 is 1.65 bits per heavy atom. The summed E-state index contributed by atoms with van der Waals surface area (Å²) in [6.45, 7) is 12.3. The van der Waals surface area contributed by atoms with E-state index in [2.05, 4.69) is 19.7 Å². The second kappa shape index (κ2) is 9.86. The first-order valence-electron chi connectivity index (χ1n) is 6.55. The van der Waals surface area contributed by atoms with Crippen molar-refractivity contribution in [1.29, 1.82) is 0 Å². The summed E-state index contributed by atoms with van der Waals surface area (Å²) in [4.78, 5) is 0. The Bertz CT molecular complexity index is 386. The molecule has 108 valence electrons. The molecule has 0 aliphatic carbocycles. The average Bonchev–Trinajstić information content (AvgIpc) is 2.49. The van der Waals surface area contributed by atoms with Crippen LogP contribution in [0, 0.1) is 0 Å². The first-order chi connectivity index (χ1) is 9.76. The Labute approximate surface area is 126 Å². The first kappa shape index (κ1) is 17.1. The normalized spacial score (nSPS) is 11.0. The van der Waals surface area contributed by atoms with Crippen LogP contribution in [0.4, 0.5) is 0 Å². The topological polar surface area (TPSA) is 27.7 Å². The average molecular weight is 310 g/mol. The summed E-state index contributed by atoms with van der Waals surface area (Å²) in [5, 5.41) is 0. The van der Waals surface area contributed by atoms with Gasteiger partial charge in [-0.05, 0) is 0 Å². The van der Waals surface area contributed by atoms with Gasteiger partial charge in [0.1, 0.15) is 0 Å². The maximum absolute atomic E-state index is 5.92. The SMILES string of the molecule is C=CC[O][Ti]([CH2]c1ccccc1)([O]CC=C)[O]CC=C. The molecule has 0 N–H and O–H groups in total. The van der Waals surface area contributed by atoms with Crippen LogP contribution in [-0.2, 0) is 32.4 Å². The van der Waals surface area contributed by atoms with Crippen LogP contribution in [0.5, 0.6) is 0 Å². The summed E-state index contributed by atoms with van der Waals surface area (Å²) >= 11 is -3.39. The summed E-state index contributed by atoms with van der Waals surface area (Å²) in [6, 6.07) is 10.1. The van der Waals surface area contributed by atoms with Crippen LogP contribution in [0.25, 0.3) is 0 Å². The van der Waals surface area contributed by atoms with Crippen molar-refractivity contribution in [3.63, 3.8) is 0 Å². The van der Waals surface area contributed by atoms with Gasteiger partial charge in [-0.25, -0.2) is 0 Å². The van der Waals surface area contributed by atoms with E-state index in [0.29, 0.717) is 24.5 Å². The predicted molar refractivity (Wildman–Crippen MR) is 78.6 cm³/mol. The van der Waals surface area contributed by atoms with Crippen molar-refractivity contribution in [3.05, 3.63) is 73.9 Å². The molecule has 0 saturated carbocycles. The fraction of sp³-hybridized carbons (Fsp3) is 0.250. The number of hydrogen-bond acceptors (Lipinski definition) is 3. The molecule has 4 heteroatoms. The minimum atomic E-state index is -3.39. The van der Waals surface area contributed by atoms with E-state index in [1.54, 1.807) is 18.2 Å². The van der Waals surface area contributed by atoms with E-state index in [0.717, 1.165) is 5.56 Å². The Kier molecular flexibility index (Phi) is 8.43. The summed E-state index contributed by atoms with van der Waals surface area (Å²) in [5.74, 6) is 0. The number of benzene rings is 1. The molecule has 20 heavy (non-hydrogen) atoms. The maximum atomic E-state index is 5.92. The Morgan fingerprint density at radius 2 is 1.25 bits per heavy atom. The third-order valence-electron chi connectivity index (χ3n) is 2.53. The molecule has 0 aromatic heterocycles. The van der Waals surface area contributed by atoms with Gasteiger partial charge in [-0.1, -0.05) is 0 Å². The second-order valence-corrected chi connectivity index (χ2v) is 8.18. The van der Waals surface area contributed by atoms with Crippen LogP contribution in [0.2, 0.25) is 0 Å². The van der Waals surface area contributed by atoms with Crippen molar-refractivity contribution in [2.75, 3.05) is 19.8 Å². The first-order valence-corrected chi connectivity index (χ1v) is 9.56. The molecular weight excluding hydrogens is 288 g/mol. The summed E-state index contributed by atoms with van der Waals surface area (Å²) < 4.78 is 18.4. The van der Waals surface area contributed by atoms with E-state index in [-0.39, 0.29) is 0 Å². The van der Waals surface area contributed by atoms with Gasteiger partial charge in [0, 0.05) is 0 Å². The van der Waals surface area contributed by atoms with Crippen LogP contribution in [-0.4, -0.2) is 19.8 Å². The molecule has 3 nitrogen and oxygen atoms in total. The molecule has 0 amide bonds. The van der Waals surface area contributed by atoms with E-state index in [9.17, 15) is 0 Å². The molecule has 0 spiro atoms. The zero-order valence-electron chi connectivity index (χ0n) is 11.8. The van der Waals surface area contributed by atoms with Crippen LogP contribution in [0.1, 0.15) is 5.56 Å². The van der Waals surface area contributed by atoms with Gasteiger partial charge in [0.25, 0.3) is 0 Å². The second-order valence-electron chi connectivity index (χ2n) is 4.14. The third-order valence-corrected chi connectivity index (χ3v) is 6.68. The van der Waals surface area contributed by atoms with Gasteiger partial charge in [0.2, 0.25) is 0 Å². The van der Waals surface area contributed by atoms with Crippen LogP contribution >= 0.6 is 0 Å². The van der Waals surface area contributed by atoms with Gasteiger partial charge < -0.3 is 0 Å². The van der Waals surface area contributed by atoms with Crippen molar-refractivity contribution in [1.82, 2.24) is 0 Å². The molecule has 0 heterocycles. The van der Waals surface area contributed by atoms with E-state index in [1.807, 2.05) is 30.3 Å². The molecule has 1 aromatic rings. The van der Waals surface area contributed by atoms with Crippen LogP contribution in [0.15, 0.2) is 68.3 Å². The molecule has 0 fully saturated rings. The Morgan fingerprint density at radius 1 is 0.800 bits per heavy atom. The third kappa shape index (κ3) is 5.99. The quantitative estimate of drug-likeness (QED) is 0.461. The van der Waals surface area contributed by atoms with E-state index in [1.165, 1.54) is 0 Å². The fourth-order valence-corrected chi connectivity index (χ4v) is 5.44. The fourth-order valence-electron chi connectivity index (χ4n) is 1.68. The van der Waals surface area contributed by atoms with Gasteiger partial charge >= 0.3 is 126 Å². The number of hydrogen-bond donors (Lipinski definition) is 0. The van der Waals surface area contributed by atoms with Crippen molar-refractivity contribution in [2.24, 2.45) is 0 Å². The molecule has 0 bridgehead atoms. The zero-order valence-corrected chi connectivity index (χ0v) is 13.4. The predicted octanol–water partition coefficient (Wildman–Crippen LogP) is 3.69. The van der Waals surface area contributed by atoms with Crippen molar-refractivity contribution < 1.29 is 27.7 Å². The Hall–Kier alpha value is -0.966. The van der Waals surface area contributed by atoms with Gasteiger partial charge in [-0.3, -0.25) is 0 Å². The molecule has 0 aliphatic rings. The summed E-state index contributed by atoms with van der Waals surface area (Å²) in [5.41, 5.74) is 1.14. The molecule has 0 unspecified atom stereocenters. The van der Waals surface area contributed by atoms with E-state index < -0.39 is 17.8 Å². The van der Waals surface area contributed by atoms with Crippen LogP contribution in [0.3, 0.4) is 0 Å². The minimum absolute atomic E-state index is 0.418. The van der Waals surface area contributed by atoms with Crippen molar-refractivity contribution >= 4 is 0 Å². The van der Waals surface area contributed by atoms with Gasteiger partial charge in [0.05, 0.1) is 0 Å². The number of rotatable bonds is 11. The molecular formula is C16H22O3Ti. The van der Waals surface area contributed by atoms with E-state index >= 15 is 0 Å². The molecule has 0 radical (unpaired) electrons. The standard InChI is InChI=1S/C7H7.3C3H5O.Ti/c1-7-5-3-2-4-6-7;3*1-2-3-4;/h2-6H,1H2;3*2H,1,3H2;/q;3*-1;+3. The summed E-state index contributed by atoms with van der Waals surface area (Å²) in [6.07, 6.45) is 5.12. The Balaban J connectivity index is 2.88. The molecule has 1 aromatic carbocycles. The van der Waals surface area contributed by atoms with Crippen molar-refractivity contribution in [2.45, 2.75) is 4.73 Å². The molecule has 0 aliphatic heterocycles. The van der Waals surface area contributed by atoms with Crippen LogP contribution < -0.4 is 0 Å². The van der Waals surface area contributed by atoms with Gasteiger partial charge in [-0.2, -0.15) is 0 Å². The molecule has 1 rings (SSSR count). The summed E-state index contributed by atoms with van der Waals surface area (Å²) in [7, 11) is 0.